The molecule has 0 fully saturated rings. The summed E-state index contributed by atoms with van der Waals surface area (Å²) >= 11 is 0. The number of ether oxygens (including phenoxy) is 2. The summed E-state index contributed by atoms with van der Waals surface area (Å²) < 4.78 is 27.1. The summed E-state index contributed by atoms with van der Waals surface area (Å²) in [4.78, 5) is 17.3. The standard InChI is InChI=1S/C21H18FN5O3/c1-10-15-7-13(22)4-5-14(15)19(28)11(2)30-21-18(16(8-23)27(3)26-21)12-6-17(29-10)20(24)25-9-12/h4-7,9-11H,1-3H3,(H2,24,25)/t10-,11?/m1/s1. The highest BCUT2D eigenvalue weighted by atomic mass is 19.1. The molecule has 30 heavy (non-hydrogen) atoms. The van der Waals surface area contributed by atoms with Gasteiger partial charge in [-0.3, -0.25) is 9.48 Å². The van der Waals surface area contributed by atoms with Crippen LogP contribution in [-0.4, -0.2) is 26.7 Å². The quantitative estimate of drug-likeness (QED) is 0.608. The Morgan fingerprint density at radius 2 is 2.00 bits per heavy atom. The third-order valence-electron chi connectivity index (χ3n) is 4.97. The molecule has 0 radical (unpaired) electrons. The number of carbonyl (C=O) groups is 1. The van der Waals surface area contributed by atoms with Crippen LogP contribution < -0.4 is 15.2 Å². The lowest BCUT2D eigenvalue weighted by molar-refractivity contribution is 0.0806. The lowest BCUT2D eigenvalue weighted by Gasteiger charge is -2.22. The molecule has 0 amide bonds. The highest BCUT2D eigenvalue weighted by molar-refractivity contribution is 6.01. The van der Waals surface area contributed by atoms with Crippen LogP contribution in [0.5, 0.6) is 11.6 Å². The molecule has 3 aromatic rings. The SMILES string of the molecule is CC1Oc2nn(C)c(C#N)c2-c2cnc(N)c(c2)O[C@H](C)c2cc(F)ccc2C1=O. The Balaban J connectivity index is 1.98. The number of fused-ring (bicyclic) bond motifs is 5. The van der Waals surface area contributed by atoms with E-state index in [2.05, 4.69) is 16.2 Å². The molecule has 1 unspecified atom stereocenters. The first-order valence-corrected chi connectivity index (χ1v) is 9.20. The number of benzene rings is 1. The van der Waals surface area contributed by atoms with Crippen molar-refractivity contribution in [2.45, 2.75) is 26.1 Å². The van der Waals surface area contributed by atoms with Crippen molar-refractivity contribution in [1.82, 2.24) is 14.8 Å². The molecule has 1 aromatic carbocycles. The van der Waals surface area contributed by atoms with Gasteiger partial charge in [0.2, 0.25) is 11.7 Å². The fourth-order valence-corrected chi connectivity index (χ4v) is 3.44. The molecule has 2 aromatic heterocycles. The Kier molecular flexibility index (Phi) is 4.62. The molecule has 2 N–H and O–H groups in total. The molecule has 0 saturated carbocycles. The zero-order valence-corrected chi connectivity index (χ0v) is 16.5. The Bertz CT molecular complexity index is 1210. The average molecular weight is 407 g/mol. The van der Waals surface area contributed by atoms with Gasteiger partial charge < -0.3 is 15.2 Å². The van der Waals surface area contributed by atoms with Crippen LogP contribution in [0.2, 0.25) is 0 Å². The van der Waals surface area contributed by atoms with E-state index in [9.17, 15) is 14.4 Å². The molecular weight excluding hydrogens is 389 g/mol. The highest BCUT2D eigenvalue weighted by Crippen LogP contribution is 2.38. The second-order valence-corrected chi connectivity index (χ2v) is 6.99. The van der Waals surface area contributed by atoms with E-state index in [-0.39, 0.29) is 34.5 Å². The number of nitrogens with zero attached hydrogens (tertiary/aromatic N) is 4. The van der Waals surface area contributed by atoms with Gasteiger partial charge in [0.15, 0.2) is 17.7 Å². The van der Waals surface area contributed by atoms with Gasteiger partial charge in [0.25, 0.3) is 0 Å². The second-order valence-electron chi connectivity index (χ2n) is 6.99. The fourth-order valence-electron chi connectivity index (χ4n) is 3.44. The number of pyridine rings is 1. The molecule has 0 spiro atoms. The van der Waals surface area contributed by atoms with E-state index in [0.717, 1.165) is 0 Å². The van der Waals surface area contributed by atoms with Gasteiger partial charge in [0, 0.05) is 29.9 Å². The van der Waals surface area contributed by atoms with Crippen LogP contribution in [0.25, 0.3) is 11.1 Å². The molecule has 0 saturated heterocycles. The lowest BCUT2D eigenvalue weighted by atomic mass is 9.97. The van der Waals surface area contributed by atoms with Crippen LogP contribution in [0.1, 0.15) is 41.6 Å². The van der Waals surface area contributed by atoms with Crippen molar-refractivity contribution in [3.05, 3.63) is 53.1 Å². The highest BCUT2D eigenvalue weighted by Gasteiger charge is 2.29. The summed E-state index contributed by atoms with van der Waals surface area (Å²) in [5.74, 6) is -0.418. The zero-order chi connectivity index (χ0) is 21.6. The predicted molar refractivity (Wildman–Crippen MR) is 105 cm³/mol. The number of anilines is 1. The minimum absolute atomic E-state index is 0.102. The maximum Gasteiger partial charge on any atom is 0.242 e. The van der Waals surface area contributed by atoms with Crippen LogP contribution in [0, 0.1) is 17.1 Å². The van der Waals surface area contributed by atoms with Crippen LogP contribution in [-0.2, 0) is 7.05 Å². The van der Waals surface area contributed by atoms with Gasteiger partial charge in [0.05, 0.1) is 5.56 Å². The topological polar surface area (TPSA) is 116 Å². The van der Waals surface area contributed by atoms with Crippen molar-refractivity contribution in [2.24, 2.45) is 7.05 Å². The Hall–Kier alpha value is -3.93. The zero-order valence-electron chi connectivity index (χ0n) is 16.5. The van der Waals surface area contributed by atoms with Crippen molar-refractivity contribution in [3.8, 4) is 28.8 Å². The van der Waals surface area contributed by atoms with E-state index in [1.54, 1.807) is 27.0 Å². The Morgan fingerprint density at radius 1 is 1.23 bits per heavy atom. The monoisotopic (exact) mass is 407 g/mol. The van der Waals surface area contributed by atoms with Crippen molar-refractivity contribution in [1.29, 1.82) is 5.26 Å². The number of aromatic nitrogens is 3. The largest absolute Gasteiger partial charge is 0.482 e. The van der Waals surface area contributed by atoms with Gasteiger partial charge in [-0.2, -0.15) is 5.26 Å². The smallest absolute Gasteiger partial charge is 0.242 e. The molecule has 152 valence electrons. The van der Waals surface area contributed by atoms with Gasteiger partial charge in [-0.25, -0.2) is 9.37 Å². The van der Waals surface area contributed by atoms with Gasteiger partial charge in [-0.15, -0.1) is 5.10 Å². The molecule has 1 aliphatic heterocycles. The number of Topliss-reactive ketones (excluding diaryl/α,β-unsaturated/α-hetero) is 1. The van der Waals surface area contributed by atoms with Crippen molar-refractivity contribution >= 4 is 11.6 Å². The number of nitrogen functional groups attached to an aromatic ring is 1. The number of hydrogen-bond donors (Lipinski definition) is 1. The van der Waals surface area contributed by atoms with Gasteiger partial charge in [-0.05, 0) is 38.1 Å². The van der Waals surface area contributed by atoms with E-state index in [4.69, 9.17) is 15.2 Å². The molecule has 2 atom stereocenters. The first-order valence-electron chi connectivity index (χ1n) is 9.20. The molecular formula is C21H18FN5O3. The van der Waals surface area contributed by atoms with E-state index in [0.29, 0.717) is 16.7 Å². The van der Waals surface area contributed by atoms with Gasteiger partial charge in [-0.1, -0.05) is 0 Å². The summed E-state index contributed by atoms with van der Waals surface area (Å²) in [5.41, 5.74) is 7.70. The van der Waals surface area contributed by atoms with Crippen LogP contribution in [0.3, 0.4) is 0 Å². The number of ketones is 1. The van der Waals surface area contributed by atoms with Crippen LogP contribution >= 0.6 is 0 Å². The number of nitriles is 1. The summed E-state index contributed by atoms with van der Waals surface area (Å²) in [6, 6.07) is 7.57. The number of hydrogen-bond acceptors (Lipinski definition) is 7. The van der Waals surface area contributed by atoms with Crippen LogP contribution in [0.15, 0.2) is 30.5 Å². The maximum absolute atomic E-state index is 14.0. The van der Waals surface area contributed by atoms with Crippen molar-refractivity contribution in [3.63, 3.8) is 0 Å². The summed E-state index contributed by atoms with van der Waals surface area (Å²) in [6.07, 6.45) is -0.166. The number of nitrogens with two attached hydrogens (primary N) is 1. The number of halogens is 1. The molecule has 3 heterocycles. The van der Waals surface area contributed by atoms with Crippen molar-refractivity contribution < 1.29 is 18.7 Å². The van der Waals surface area contributed by atoms with E-state index in [1.807, 2.05) is 0 Å². The molecule has 8 nitrogen and oxygen atoms in total. The maximum atomic E-state index is 14.0. The number of carbonyl (C=O) groups excluding carboxylic acids is 1. The lowest BCUT2D eigenvalue weighted by Crippen LogP contribution is -2.26. The fraction of sp³-hybridized carbons (Fsp3) is 0.238. The molecule has 0 aliphatic carbocycles. The third kappa shape index (κ3) is 3.12. The van der Waals surface area contributed by atoms with Crippen molar-refractivity contribution in [2.75, 3.05) is 5.73 Å². The first-order chi connectivity index (χ1) is 14.3. The van der Waals surface area contributed by atoms with E-state index < -0.39 is 18.0 Å². The third-order valence-corrected chi connectivity index (χ3v) is 4.97. The minimum Gasteiger partial charge on any atom is -0.482 e. The number of rotatable bonds is 0. The molecule has 9 heteroatoms. The molecule has 1 aliphatic rings. The van der Waals surface area contributed by atoms with E-state index >= 15 is 0 Å². The molecule has 2 bridgehead atoms. The number of aryl methyl sites for hydroxylation is 1. The Morgan fingerprint density at radius 3 is 2.73 bits per heavy atom. The average Bonchev–Trinajstić information content (AvgIpc) is 3.03. The minimum atomic E-state index is -0.942. The predicted octanol–water partition coefficient (Wildman–Crippen LogP) is 3.18. The van der Waals surface area contributed by atoms with Gasteiger partial charge in [0.1, 0.15) is 23.7 Å². The van der Waals surface area contributed by atoms with Gasteiger partial charge >= 0.3 is 0 Å². The summed E-state index contributed by atoms with van der Waals surface area (Å²) in [7, 11) is 1.60. The summed E-state index contributed by atoms with van der Waals surface area (Å²) in [5, 5.41) is 13.9. The molecule has 4 rings (SSSR count). The Labute approximate surface area is 171 Å². The first kappa shape index (κ1) is 19.4. The normalized spacial score (nSPS) is 18.0. The van der Waals surface area contributed by atoms with Crippen LogP contribution in [0.4, 0.5) is 10.2 Å². The second kappa shape index (κ2) is 7.15. The summed E-state index contributed by atoms with van der Waals surface area (Å²) in [6.45, 7) is 3.26. The van der Waals surface area contributed by atoms with E-state index in [1.165, 1.54) is 29.1 Å².